The number of hydrogen-bond donors (Lipinski definition) is 1. The molecule has 1 aromatic rings. The van der Waals surface area contributed by atoms with Gasteiger partial charge >= 0.3 is 5.97 Å². The molecule has 1 rings (SSSR count). The SMILES string of the molecule is N#Cc1cc(Br)cc(CC(=O)O)c1CCl. The van der Waals surface area contributed by atoms with Crippen molar-refractivity contribution in [1.29, 1.82) is 5.26 Å². The first-order chi connectivity index (χ1) is 7.08. The van der Waals surface area contributed by atoms with Crippen molar-refractivity contribution in [3.63, 3.8) is 0 Å². The lowest BCUT2D eigenvalue weighted by molar-refractivity contribution is -0.136. The van der Waals surface area contributed by atoms with Crippen LogP contribution in [0.2, 0.25) is 0 Å². The fourth-order valence-electron chi connectivity index (χ4n) is 1.27. The molecule has 0 amide bonds. The van der Waals surface area contributed by atoms with Crippen LogP contribution in [-0.4, -0.2) is 11.1 Å². The molecule has 3 nitrogen and oxygen atoms in total. The van der Waals surface area contributed by atoms with Crippen molar-refractivity contribution in [2.75, 3.05) is 0 Å². The normalized spacial score (nSPS) is 9.67. The third-order valence-corrected chi connectivity index (χ3v) is 2.63. The summed E-state index contributed by atoms with van der Waals surface area (Å²) >= 11 is 8.91. The van der Waals surface area contributed by atoms with Crippen LogP contribution in [0, 0.1) is 11.3 Å². The van der Waals surface area contributed by atoms with Crippen molar-refractivity contribution in [2.45, 2.75) is 12.3 Å². The molecule has 0 fully saturated rings. The lowest BCUT2D eigenvalue weighted by Gasteiger charge is -2.07. The summed E-state index contributed by atoms with van der Waals surface area (Å²) in [7, 11) is 0. The molecular formula is C10H7BrClNO2. The van der Waals surface area contributed by atoms with Gasteiger partial charge in [-0.1, -0.05) is 15.9 Å². The molecule has 5 heteroatoms. The van der Waals surface area contributed by atoms with Gasteiger partial charge in [0.2, 0.25) is 0 Å². The Morgan fingerprint density at radius 3 is 2.73 bits per heavy atom. The molecule has 0 aliphatic carbocycles. The lowest BCUT2D eigenvalue weighted by Crippen LogP contribution is -2.04. The van der Waals surface area contributed by atoms with E-state index in [9.17, 15) is 4.79 Å². The largest absolute Gasteiger partial charge is 0.481 e. The number of carboxylic acid groups (broad SMARTS) is 1. The average Bonchev–Trinajstić information content (AvgIpc) is 2.15. The van der Waals surface area contributed by atoms with E-state index in [0.29, 0.717) is 21.2 Å². The number of nitriles is 1. The zero-order chi connectivity index (χ0) is 11.4. The van der Waals surface area contributed by atoms with Crippen molar-refractivity contribution < 1.29 is 9.90 Å². The third-order valence-electron chi connectivity index (χ3n) is 1.90. The number of nitrogens with zero attached hydrogens (tertiary/aromatic N) is 1. The predicted molar refractivity (Wildman–Crippen MR) is 59.8 cm³/mol. The number of hydrogen-bond acceptors (Lipinski definition) is 2. The van der Waals surface area contributed by atoms with Gasteiger partial charge in [0.05, 0.1) is 18.1 Å². The minimum absolute atomic E-state index is 0.129. The van der Waals surface area contributed by atoms with Crippen LogP contribution in [0.5, 0.6) is 0 Å². The molecule has 0 saturated heterocycles. The molecule has 0 spiro atoms. The smallest absolute Gasteiger partial charge is 0.307 e. The van der Waals surface area contributed by atoms with Crippen LogP contribution in [0.3, 0.4) is 0 Å². The number of aliphatic carboxylic acids is 1. The number of alkyl halides is 1. The second kappa shape index (κ2) is 5.15. The Kier molecular flexibility index (Phi) is 4.13. The molecule has 0 unspecified atom stereocenters. The Morgan fingerprint density at radius 1 is 1.60 bits per heavy atom. The highest BCUT2D eigenvalue weighted by Gasteiger charge is 2.11. The molecule has 1 aromatic carbocycles. The Bertz CT molecular complexity index is 440. The zero-order valence-corrected chi connectivity index (χ0v) is 9.97. The second-order valence-electron chi connectivity index (χ2n) is 2.91. The van der Waals surface area contributed by atoms with Gasteiger partial charge in [-0.2, -0.15) is 5.26 Å². The summed E-state index contributed by atoms with van der Waals surface area (Å²) in [6, 6.07) is 5.29. The maximum atomic E-state index is 10.6. The quantitative estimate of drug-likeness (QED) is 0.870. The Hall–Kier alpha value is -1.05. The standard InChI is InChI=1S/C10H7BrClNO2/c11-8-1-6(3-10(14)15)9(4-12)7(2-8)5-13/h1-2H,3-4H2,(H,14,15). The predicted octanol–water partition coefficient (Wildman–Crippen LogP) is 2.69. The fourth-order valence-corrected chi connectivity index (χ4v) is 2.09. The van der Waals surface area contributed by atoms with Gasteiger partial charge < -0.3 is 5.11 Å². The lowest BCUT2D eigenvalue weighted by atomic mass is 10.0. The highest BCUT2D eigenvalue weighted by molar-refractivity contribution is 9.10. The van der Waals surface area contributed by atoms with Gasteiger partial charge in [0.1, 0.15) is 0 Å². The van der Waals surface area contributed by atoms with Crippen LogP contribution in [0.1, 0.15) is 16.7 Å². The van der Waals surface area contributed by atoms with Crippen molar-refractivity contribution in [2.24, 2.45) is 0 Å². The van der Waals surface area contributed by atoms with E-state index in [1.807, 2.05) is 6.07 Å². The van der Waals surface area contributed by atoms with E-state index in [4.69, 9.17) is 22.0 Å². The van der Waals surface area contributed by atoms with Gasteiger partial charge in [-0.15, -0.1) is 11.6 Å². The summed E-state index contributed by atoms with van der Waals surface area (Å²) < 4.78 is 0.684. The molecule has 0 bridgehead atoms. The summed E-state index contributed by atoms with van der Waals surface area (Å²) in [5.41, 5.74) is 1.57. The molecular weight excluding hydrogens is 281 g/mol. The van der Waals surface area contributed by atoms with Crippen molar-refractivity contribution >= 4 is 33.5 Å². The van der Waals surface area contributed by atoms with Gasteiger partial charge in [0.25, 0.3) is 0 Å². The van der Waals surface area contributed by atoms with Crippen molar-refractivity contribution in [3.05, 3.63) is 33.3 Å². The molecule has 0 atom stereocenters. The van der Waals surface area contributed by atoms with E-state index in [2.05, 4.69) is 15.9 Å². The molecule has 0 aromatic heterocycles. The van der Waals surface area contributed by atoms with Gasteiger partial charge in [0.15, 0.2) is 0 Å². The average molecular weight is 289 g/mol. The number of benzene rings is 1. The monoisotopic (exact) mass is 287 g/mol. The summed E-state index contributed by atoms with van der Waals surface area (Å²) in [6.07, 6.45) is -0.129. The van der Waals surface area contributed by atoms with E-state index in [-0.39, 0.29) is 12.3 Å². The van der Waals surface area contributed by atoms with Gasteiger partial charge in [0, 0.05) is 10.4 Å². The molecule has 0 saturated carbocycles. The third kappa shape index (κ3) is 2.95. The molecule has 0 radical (unpaired) electrons. The van der Waals surface area contributed by atoms with Crippen LogP contribution in [-0.2, 0) is 17.1 Å². The van der Waals surface area contributed by atoms with E-state index >= 15 is 0 Å². The Labute approximate surface area is 100 Å². The van der Waals surface area contributed by atoms with E-state index in [1.165, 1.54) is 0 Å². The van der Waals surface area contributed by atoms with Gasteiger partial charge in [-0.25, -0.2) is 0 Å². The number of halogens is 2. The van der Waals surface area contributed by atoms with E-state index in [0.717, 1.165) is 0 Å². The first-order valence-electron chi connectivity index (χ1n) is 4.07. The first-order valence-corrected chi connectivity index (χ1v) is 5.40. The molecule has 0 aliphatic rings. The Balaban J connectivity index is 3.30. The van der Waals surface area contributed by atoms with E-state index in [1.54, 1.807) is 12.1 Å². The van der Waals surface area contributed by atoms with Gasteiger partial charge in [-0.3, -0.25) is 4.79 Å². The van der Waals surface area contributed by atoms with Crippen LogP contribution >= 0.6 is 27.5 Å². The molecule has 1 N–H and O–H groups in total. The van der Waals surface area contributed by atoms with Crippen molar-refractivity contribution in [3.8, 4) is 6.07 Å². The van der Waals surface area contributed by atoms with Gasteiger partial charge in [-0.05, 0) is 23.3 Å². The summed E-state index contributed by atoms with van der Waals surface area (Å²) in [5.74, 6) is -0.804. The van der Waals surface area contributed by atoms with Crippen LogP contribution in [0.15, 0.2) is 16.6 Å². The topological polar surface area (TPSA) is 61.1 Å². The number of carboxylic acids is 1. The minimum atomic E-state index is -0.941. The van der Waals surface area contributed by atoms with Crippen LogP contribution in [0.4, 0.5) is 0 Å². The van der Waals surface area contributed by atoms with Crippen molar-refractivity contribution in [1.82, 2.24) is 0 Å². The van der Waals surface area contributed by atoms with Crippen LogP contribution < -0.4 is 0 Å². The van der Waals surface area contributed by atoms with E-state index < -0.39 is 5.97 Å². The highest BCUT2D eigenvalue weighted by atomic mass is 79.9. The summed E-state index contributed by atoms with van der Waals surface area (Å²) in [5, 5.41) is 17.6. The maximum absolute atomic E-state index is 10.6. The molecule has 78 valence electrons. The zero-order valence-electron chi connectivity index (χ0n) is 7.63. The highest BCUT2D eigenvalue weighted by Crippen LogP contribution is 2.23. The first kappa shape index (κ1) is 12.0. The minimum Gasteiger partial charge on any atom is -0.481 e. The number of carbonyl (C=O) groups is 1. The molecule has 15 heavy (non-hydrogen) atoms. The maximum Gasteiger partial charge on any atom is 0.307 e. The van der Waals surface area contributed by atoms with Crippen LogP contribution in [0.25, 0.3) is 0 Å². The molecule has 0 heterocycles. The second-order valence-corrected chi connectivity index (χ2v) is 4.09. The summed E-state index contributed by atoms with van der Waals surface area (Å²) in [4.78, 5) is 10.6. The Morgan fingerprint density at radius 2 is 2.27 bits per heavy atom. The fraction of sp³-hybridized carbons (Fsp3) is 0.200. The molecule has 0 aliphatic heterocycles. The summed E-state index contributed by atoms with van der Waals surface area (Å²) in [6.45, 7) is 0. The number of rotatable bonds is 3.